The van der Waals surface area contributed by atoms with E-state index >= 15 is 0 Å². The molecule has 0 spiro atoms. The predicted molar refractivity (Wildman–Crippen MR) is 136 cm³/mol. The van der Waals surface area contributed by atoms with Crippen LogP contribution >= 0.6 is 0 Å². The van der Waals surface area contributed by atoms with E-state index in [1.54, 1.807) is 31.9 Å². The fourth-order valence-corrected chi connectivity index (χ4v) is 4.63. The Morgan fingerprint density at radius 1 is 1.14 bits per heavy atom. The van der Waals surface area contributed by atoms with Crippen LogP contribution in [0.25, 0.3) is 33.3 Å². The highest BCUT2D eigenvalue weighted by molar-refractivity contribution is 6.06. The number of nitrogens with one attached hydrogen (secondary N) is 1. The molecule has 2 amide bonds. The van der Waals surface area contributed by atoms with Crippen molar-refractivity contribution in [3.8, 4) is 28.1 Å². The van der Waals surface area contributed by atoms with Crippen molar-refractivity contribution in [3.05, 3.63) is 65.7 Å². The van der Waals surface area contributed by atoms with Crippen molar-refractivity contribution in [1.29, 1.82) is 0 Å². The first kappa shape index (κ1) is 22.5. The largest absolute Gasteiger partial charge is 0.497 e. The molecule has 0 unspecified atom stereocenters. The number of nitrogens with two attached hydrogens (primary N) is 2. The number of rotatable bonds is 6. The lowest BCUT2D eigenvalue weighted by atomic mass is 9.92. The molecule has 0 saturated carbocycles. The van der Waals surface area contributed by atoms with Gasteiger partial charge in [-0.2, -0.15) is 5.10 Å². The van der Waals surface area contributed by atoms with Crippen LogP contribution in [-0.2, 0) is 11.3 Å². The third-order valence-corrected chi connectivity index (χ3v) is 6.67. The molecule has 8 heteroatoms. The number of methoxy groups -OCH3 is 1. The zero-order chi connectivity index (χ0) is 24.9. The second kappa shape index (κ2) is 8.16. The second-order valence-electron chi connectivity index (χ2n) is 9.53. The molecule has 2 heterocycles. The molecule has 8 nitrogen and oxygen atoms in total. The molecule has 4 aromatic rings. The van der Waals surface area contributed by atoms with Crippen molar-refractivity contribution in [2.24, 2.45) is 11.1 Å². The molecule has 0 bridgehead atoms. The fourth-order valence-electron chi connectivity index (χ4n) is 4.63. The van der Waals surface area contributed by atoms with E-state index in [1.165, 1.54) is 0 Å². The van der Waals surface area contributed by atoms with Gasteiger partial charge in [0, 0.05) is 29.7 Å². The Balaban J connectivity index is 1.58. The monoisotopic (exact) mass is 469 g/mol. The summed E-state index contributed by atoms with van der Waals surface area (Å²) in [6, 6.07) is 17.5. The average molecular weight is 470 g/mol. The molecule has 0 fully saturated rings. The Labute approximate surface area is 202 Å². The highest BCUT2D eigenvalue weighted by Gasteiger charge is 2.37. The summed E-state index contributed by atoms with van der Waals surface area (Å²) in [7, 11) is 1.64. The van der Waals surface area contributed by atoms with Gasteiger partial charge >= 0.3 is 0 Å². The van der Waals surface area contributed by atoms with Gasteiger partial charge in [-0.1, -0.05) is 24.3 Å². The number of primary amides is 1. The number of ether oxygens (including phenoxy) is 1. The van der Waals surface area contributed by atoms with E-state index < -0.39 is 11.3 Å². The van der Waals surface area contributed by atoms with Crippen LogP contribution in [0.1, 0.15) is 29.8 Å². The second-order valence-corrected chi connectivity index (χ2v) is 9.53. The van der Waals surface area contributed by atoms with Gasteiger partial charge in [0.1, 0.15) is 11.4 Å². The Bertz CT molecular complexity index is 1490. The van der Waals surface area contributed by atoms with Gasteiger partial charge in [-0.15, -0.1) is 0 Å². The summed E-state index contributed by atoms with van der Waals surface area (Å²) in [5.41, 5.74) is 17.2. The number of H-pyrrole nitrogens is 1. The number of hydrogen-bond donors (Lipinski definition) is 3. The van der Waals surface area contributed by atoms with Gasteiger partial charge < -0.3 is 21.1 Å². The predicted octanol–water partition coefficient (Wildman–Crippen LogP) is 3.96. The van der Waals surface area contributed by atoms with Crippen molar-refractivity contribution in [2.75, 3.05) is 19.4 Å². The van der Waals surface area contributed by atoms with Gasteiger partial charge in [-0.25, -0.2) is 0 Å². The molecule has 5 rings (SSSR count). The molecule has 0 atom stereocenters. The van der Waals surface area contributed by atoms with Crippen molar-refractivity contribution >= 4 is 28.4 Å². The van der Waals surface area contributed by atoms with E-state index in [0.29, 0.717) is 17.8 Å². The quantitative estimate of drug-likeness (QED) is 0.368. The van der Waals surface area contributed by atoms with Gasteiger partial charge in [-0.05, 0) is 60.9 Å². The lowest BCUT2D eigenvalue weighted by molar-refractivity contribution is -0.126. The zero-order valence-electron chi connectivity index (χ0n) is 19.9. The fraction of sp³-hybridized carbons (Fsp3) is 0.222. The van der Waals surface area contributed by atoms with Crippen molar-refractivity contribution in [2.45, 2.75) is 20.4 Å². The maximum absolute atomic E-state index is 13.2. The topological polar surface area (TPSA) is 127 Å². The summed E-state index contributed by atoms with van der Waals surface area (Å²) in [5, 5.41) is 8.59. The zero-order valence-corrected chi connectivity index (χ0v) is 19.9. The summed E-state index contributed by atoms with van der Waals surface area (Å²) >= 11 is 0. The van der Waals surface area contributed by atoms with E-state index in [9.17, 15) is 9.59 Å². The minimum absolute atomic E-state index is 0.185. The SMILES string of the molecule is COc1cccc(-c2n[nH]c3ccc(-c4ccc(N)c5c4CN(CC(C)(C)C(N)=O)C5=O)cc23)c1. The van der Waals surface area contributed by atoms with Crippen molar-refractivity contribution in [3.63, 3.8) is 0 Å². The van der Waals surface area contributed by atoms with Crippen LogP contribution < -0.4 is 16.2 Å². The number of nitrogen functional groups attached to an aromatic ring is 1. The summed E-state index contributed by atoms with van der Waals surface area (Å²) < 4.78 is 5.37. The molecule has 5 N–H and O–H groups in total. The van der Waals surface area contributed by atoms with Gasteiger partial charge in [0.15, 0.2) is 0 Å². The van der Waals surface area contributed by atoms with Crippen molar-refractivity contribution in [1.82, 2.24) is 15.1 Å². The smallest absolute Gasteiger partial charge is 0.256 e. The number of aromatic amines is 1. The number of nitrogens with zero attached hydrogens (tertiary/aromatic N) is 2. The van der Waals surface area contributed by atoms with E-state index in [2.05, 4.69) is 16.3 Å². The number of carbonyl (C=O) groups excluding carboxylic acids is 2. The summed E-state index contributed by atoms with van der Waals surface area (Å²) in [5.74, 6) is 0.115. The van der Waals surface area contributed by atoms with Gasteiger partial charge in [0.2, 0.25) is 5.91 Å². The van der Waals surface area contributed by atoms with Crippen LogP contribution in [-0.4, -0.2) is 40.6 Å². The van der Waals surface area contributed by atoms with Gasteiger partial charge in [0.25, 0.3) is 5.91 Å². The molecule has 0 aliphatic carbocycles. The maximum Gasteiger partial charge on any atom is 0.256 e. The van der Waals surface area contributed by atoms with E-state index in [0.717, 1.165) is 44.6 Å². The number of anilines is 1. The molecular weight excluding hydrogens is 442 g/mol. The van der Waals surface area contributed by atoms with Crippen LogP contribution in [0.2, 0.25) is 0 Å². The Morgan fingerprint density at radius 2 is 1.94 bits per heavy atom. The van der Waals surface area contributed by atoms with Crippen LogP contribution in [0, 0.1) is 5.41 Å². The normalized spacial score (nSPS) is 13.3. The third-order valence-electron chi connectivity index (χ3n) is 6.67. The van der Waals surface area contributed by atoms with Gasteiger partial charge in [-0.3, -0.25) is 14.7 Å². The number of benzene rings is 3. The first-order valence-corrected chi connectivity index (χ1v) is 11.3. The number of carbonyl (C=O) groups is 2. The average Bonchev–Trinajstić information content (AvgIpc) is 3.40. The van der Waals surface area contributed by atoms with Crippen LogP contribution in [0.15, 0.2) is 54.6 Å². The van der Waals surface area contributed by atoms with E-state index in [-0.39, 0.29) is 12.5 Å². The van der Waals surface area contributed by atoms with Crippen LogP contribution in [0.4, 0.5) is 5.69 Å². The van der Waals surface area contributed by atoms with E-state index in [4.69, 9.17) is 16.2 Å². The molecule has 0 radical (unpaired) electrons. The number of fused-ring (bicyclic) bond motifs is 2. The first-order valence-electron chi connectivity index (χ1n) is 11.3. The highest BCUT2D eigenvalue weighted by atomic mass is 16.5. The third kappa shape index (κ3) is 3.77. The Morgan fingerprint density at radius 3 is 2.69 bits per heavy atom. The summed E-state index contributed by atoms with van der Waals surface area (Å²) in [6.45, 7) is 4.05. The first-order chi connectivity index (χ1) is 16.7. The molecule has 178 valence electrons. The summed E-state index contributed by atoms with van der Waals surface area (Å²) in [6.07, 6.45) is 0. The molecule has 1 aliphatic heterocycles. The van der Waals surface area contributed by atoms with Gasteiger partial charge in [0.05, 0.1) is 23.6 Å². The maximum atomic E-state index is 13.2. The number of amides is 2. The number of aromatic nitrogens is 2. The molecule has 0 saturated heterocycles. The Kier molecular flexibility index (Phi) is 5.24. The van der Waals surface area contributed by atoms with Crippen LogP contribution in [0.5, 0.6) is 5.75 Å². The van der Waals surface area contributed by atoms with Crippen molar-refractivity contribution < 1.29 is 14.3 Å². The molecule has 3 aromatic carbocycles. The highest BCUT2D eigenvalue weighted by Crippen LogP contribution is 2.39. The molecule has 1 aliphatic rings. The lowest BCUT2D eigenvalue weighted by Gasteiger charge is -2.27. The number of hydrogen-bond acceptors (Lipinski definition) is 5. The minimum atomic E-state index is -0.853. The standard InChI is InChI=1S/C27H27N5O3/c1-27(2,26(29)34)14-32-13-20-18(8-9-21(28)23(20)25(32)33)15-7-10-22-19(12-15)24(31-30-22)16-5-4-6-17(11-16)35-3/h4-12H,13-14,28H2,1-3H3,(H2,29,34)(H,30,31). The minimum Gasteiger partial charge on any atom is -0.497 e. The molecular formula is C27H27N5O3. The molecule has 35 heavy (non-hydrogen) atoms. The summed E-state index contributed by atoms with van der Waals surface area (Å²) in [4.78, 5) is 26.8. The molecule has 1 aromatic heterocycles. The lowest BCUT2D eigenvalue weighted by Crippen LogP contribution is -2.42. The Hall–Kier alpha value is -4.33. The van der Waals surface area contributed by atoms with Crippen LogP contribution in [0.3, 0.4) is 0 Å². The van der Waals surface area contributed by atoms with E-state index in [1.807, 2.05) is 42.5 Å².